The van der Waals surface area contributed by atoms with Crippen LogP contribution in [0.4, 0.5) is 5.69 Å². The number of benzene rings is 1. The third-order valence-electron chi connectivity index (χ3n) is 2.03. The van der Waals surface area contributed by atoms with E-state index in [1.807, 2.05) is 47.9 Å². The summed E-state index contributed by atoms with van der Waals surface area (Å²) in [6.45, 7) is 0. The van der Waals surface area contributed by atoms with Crippen LogP contribution in [0.2, 0.25) is 0 Å². The van der Waals surface area contributed by atoms with Crippen molar-refractivity contribution >= 4 is 51.6 Å². The first-order valence-electron chi connectivity index (χ1n) is 5.02. The second-order valence-corrected chi connectivity index (χ2v) is 5.57. The van der Waals surface area contributed by atoms with E-state index in [2.05, 4.69) is 27.9 Å². The van der Waals surface area contributed by atoms with Gasteiger partial charge >= 0.3 is 0 Å². The Bertz CT molecular complexity index is 534. The van der Waals surface area contributed by atoms with Crippen LogP contribution in [0.1, 0.15) is 4.88 Å². The minimum atomic E-state index is -0.111. The number of thiophene rings is 1. The Morgan fingerprint density at radius 2 is 2.18 bits per heavy atom. The fourth-order valence-electron chi connectivity index (χ4n) is 1.29. The zero-order chi connectivity index (χ0) is 12.1. The summed E-state index contributed by atoms with van der Waals surface area (Å²) in [5.74, 6) is -0.111. The second kappa shape index (κ2) is 5.97. The topological polar surface area (TPSA) is 29.1 Å². The van der Waals surface area contributed by atoms with Gasteiger partial charge in [0.25, 0.3) is 0 Å². The monoisotopic (exact) mass is 355 g/mol. The molecule has 2 aromatic rings. The molecule has 2 nitrogen and oxygen atoms in total. The molecule has 1 amide bonds. The number of rotatable bonds is 3. The molecular formula is C13H10INOS. The van der Waals surface area contributed by atoms with E-state index in [0.29, 0.717) is 0 Å². The average Bonchev–Trinajstić information content (AvgIpc) is 2.79. The molecule has 0 unspecified atom stereocenters. The molecule has 0 spiro atoms. The molecule has 0 bridgehead atoms. The van der Waals surface area contributed by atoms with E-state index in [9.17, 15) is 4.79 Å². The Balaban J connectivity index is 1.98. The summed E-state index contributed by atoms with van der Waals surface area (Å²) in [7, 11) is 0. The first-order valence-corrected chi connectivity index (χ1v) is 6.98. The van der Waals surface area contributed by atoms with Gasteiger partial charge in [-0.25, -0.2) is 0 Å². The van der Waals surface area contributed by atoms with Crippen LogP contribution in [0.25, 0.3) is 6.08 Å². The standard InChI is InChI=1S/C13H10INOS/c14-10-3-1-4-11(9-10)15-13(16)7-6-12-5-2-8-17-12/h1-9H,(H,15,16). The molecule has 0 saturated carbocycles. The summed E-state index contributed by atoms with van der Waals surface area (Å²) in [6.07, 6.45) is 3.36. The van der Waals surface area contributed by atoms with E-state index in [1.54, 1.807) is 17.4 Å². The van der Waals surface area contributed by atoms with Crippen LogP contribution in [-0.2, 0) is 4.79 Å². The first-order chi connectivity index (χ1) is 8.24. The van der Waals surface area contributed by atoms with Crippen LogP contribution >= 0.6 is 33.9 Å². The Morgan fingerprint density at radius 3 is 2.88 bits per heavy atom. The Morgan fingerprint density at radius 1 is 1.29 bits per heavy atom. The van der Waals surface area contributed by atoms with Gasteiger partial charge in [-0.15, -0.1) is 11.3 Å². The van der Waals surface area contributed by atoms with Crippen LogP contribution in [0.3, 0.4) is 0 Å². The van der Waals surface area contributed by atoms with Gasteiger partial charge in [-0.05, 0) is 58.3 Å². The summed E-state index contributed by atoms with van der Waals surface area (Å²) in [5, 5.41) is 4.80. The van der Waals surface area contributed by atoms with Gasteiger partial charge in [-0.1, -0.05) is 12.1 Å². The van der Waals surface area contributed by atoms with Crippen molar-refractivity contribution in [3.05, 3.63) is 56.3 Å². The van der Waals surface area contributed by atoms with Gasteiger partial charge in [0, 0.05) is 20.2 Å². The molecule has 1 aromatic carbocycles. The van der Waals surface area contributed by atoms with Gasteiger partial charge in [-0.2, -0.15) is 0 Å². The molecule has 86 valence electrons. The number of amides is 1. The SMILES string of the molecule is O=C(C=Cc1cccs1)Nc1cccc(I)c1. The molecule has 0 radical (unpaired) electrons. The quantitative estimate of drug-likeness (QED) is 0.654. The Hall–Kier alpha value is -1.14. The van der Waals surface area contributed by atoms with Crippen molar-refractivity contribution in [3.8, 4) is 0 Å². The number of hydrogen-bond acceptors (Lipinski definition) is 2. The molecule has 0 aliphatic rings. The Labute approximate surface area is 118 Å². The molecule has 2 rings (SSSR count). The highest BCUT2D eigenvalue weighted by Crippen LogP contribution is 2.13. The number of hydrogen-bond donors (Lipinski definition) is 1. The zero-order valence-corrected chi connectivity index (χ0v) is 11.9. The lowest BCUT2D eigenvalue weighted by atomic mass is 10.3. The average molecular weight is 355 g/mol. The predicted octanol–water partition coefficient (Wildman–Crippen LogP) is 4.00. The smallest absolute Gasteiger partial charge is 0.248 e. The fraction of sp³-hybridized carbons (Fsp3) is 0. The molecule has 1 aromatic heterocycles. The third-order valence-corrected chi connectivity index (χ3v) is 3.54. The highest BCUT2D eigenvalue weighted by atomic mass is 127. The number of halogens is 1. The van der Waals surface area contributed by atoms with Gasteiger partial charge in [0.2, 0.25) is 5.91 Å². The minimum Gasteiger partial charge on any atom is -0.322 e. The lowest BCUT2D eigenvalue weighted by molar-refractivity contribution is -0.111. The van der Waals surface area contributed by atoms with Gasteiger partial charge in [0.05, 0.1) is 0 Å². The van der Waals surface area contributed by atoms with Crippen LogP contribution in [0, 0.1) is 3.57 Å². The molecule has 0 aliphatic carbocycles. The maximum atomic E-state index is 11.6. The van der Waals surface area contributed by atoms with Crippen molar-refractivity contribution in [2.45, 2.75) is 0 Å². The molecule has 0 saturated heterocycles. The first kappa shape index (κ1) is 12.3. The van der Waals surface area contributed by atoms with Crippen LogP contribution in [0.15, 0.2) is 47.9 Å². The van der Waals surface area contributed by atoms with Crippen LogP contribution in [0.5, 0.6) is 0 Å². The number of carbonyl (C=O) groups excluding carboxylic acids is 1. The van der Waals surface area contributed by atoms with E-state index in [4.69, 9.17) is 0 Å². The van der Waals surface area contributed by atoms with Gasteiger partial charge in [0.1, 0.15) is 0 Å². The summed E-state index contributed by atoms with van der Waals surface area (Å²) in [5.41, 5.74) is 0.817. The third kappa shape index (κ3) is 3.98. The lowest BCUT2D eigenvalue weighted by Crippen LogP contribution is -2.07. The van der Waals surface area contributed by atoms with Crippen molar-refractivity contribution < 1.29 is 4.79 Å². The number of carbonyl (C=O) groups is 1. The summed E-state index contributed by atoms with van der Waals surface area (Å²) in [4.78, 5) is 12.7. The van der Waals surface area contributed by atoms with Crippen molar-refractivity contribution in [1.82, 2.24) is 0 Å². The number of anilines is 1. The Kier molecular flexibility index (Phi) is 4.33. The molecule has 1 heterocycles. The van der Waals surface area contributed by atoms with E-state index < -0.39 is 0 Å². The van der Waals surface area contributed by atoms with Crippen molar-refractivity contribution in [1.29, 1.82) is 0 Å². The van der Waals surface area contributed by atoms with Crippen LogP contribution in [-0.4, -0.2) is 5.91 Å². The summed E-state index contributed by atoms with van der Waals surface area (Å²) in [6, 6.07) is 11.6. The molecule has 17 heavy (non-hydrogen) atoms. The molecule has 0 atom stereocenters. The van der Waals surface area contributed by atoms with Crippen LogP contribution < -0.4 is 5.32 Å². The van der Waals surface area contributed by atoms with E-state index in [-0.39, 0.29) is 5.91 Å². The highest BCUT2D eigenvalue weighted by Gasteiger charge is 1.98. The minimum absolute atomic E-state index is 0.111. The second-order valence-electron chi connectivity index (χ2n) is 3.35. The zero-order valence-electron chi connectivity index (χ0n) is 8.89. The number of nitrogens with one attached hydrogen (secondary N) is 1. The molecule has 1 N–H and O–H groups in total. The van der Waals surface area contributed by atoms with Gasteiger partial charge in [0.15, 0.2) is 0 Å². The molecular weight excluding hydrogens is 345 g/mol. The van der Waals surface area contributed by atoms with E-state index in [1.165, 1.54) is 0 Å². The predicted molar refractivity (Wildman–Crippen MR) is 81.1 cm³/mol. The van der Waals surface area contributed by atoms with Crippen molar-refractivity contribution in [3.63, 3.8) is 0 Å². The fourth-order valence-corrected chi connectivity index (χ4v) is 2.46. The summed E-state index contributed by atoms with van der Waals surface area (Å²) < 4.78 is 1.10. The normalized spacial score (nSPS) is 10.6. The van der Waals surface area contributed by atoms with Crippen molar-refractivity contribution in [2.24, 2.45) is 0 Å². The molecule has 0 fully saturated rings. The molecule has 0 aliphatic heterocycles. The van der Waals surface area contributed by atoms with Gasteiger partial charge in [-0.3, -0.25) is 4.79 Å². The highest BCUT2D eigenvalue weighted by molar-refractivity contribution is 14.1. The lowest BCUT2D eigenvalue weighted by Gasteiger charge is -2.01. The maximum Gasteiger partial charge on any atom is 0.248 e. The van der Waals surface area contributed by atoms with E-state index in [0.717, 1.165) is 14.1 Å². The molecule has 4 heteroatoms. The van der Waals surface area contributed by atoms with E-state index >= 15 is 0 Å². The summed E-state index contributed by atoms with van der Waals surface area (Å²) >= 11 is 3.82. The van der Waals surface area contributed by atoms with Crippen molar-refractivity contribution in [2.75, 3.05) is 5.32 Å². The largest absolute Gasteiger partial charge is 0.322 e. The maximum absolute atomic E-state index is 11.6. The van der Waals surface area contributed by atoms with Gasteiger partial charge < -0.3 is 5.32 Å².